The third-order valence-corrected chi connectivity index (χ3v) is 4.55. The van der Waals surface area contributed by atoms with Crippen molar-refractivity contribution in [3.8, 4) is 0 Å². The van der Waals surface area contributed by atoms with Gasteiger partial charge in [-0.15, -0.1) is 0 Å². The molecule has 3 N–H and O–H groups in total. The van der Waals surface area contributed by atoms with Crippen LogP contribution < -0.4 is 5.32 Å². The Morgan fingerprint density at radius 2 is 1.70 bits per heavy atom. The number of hydrogen-bond acceptors (Lipinski definition) is 3. The third kappa shape index (κ3) is 5.73. The predicted molar refractivity (Wildman–Crippen MR) is 106 cm³/mol. The SMILES string of the molecule is Cc1ccccc1[C@@H](OC[C@H](O)C[NH2+]Cc1ccccn1)c1ccccc1. The second kappa shape index (κ2) is 9.97. The summed E-state index contributed by atoms with van der Waals surface area (Å²) in [7, 11) is 0. The Morgan fingerprint density at radius 3 is 2.44 bits per heavy atom. The first-order valence-electron chi connectivity index (χ1n) is 9.35. The molecule has 0 aliphatic heterocycles. The summed E-state index contributed by atoms with van der Waals surface area (Å²) in [6, 6.07) is 24.3. The molecule has 0 aliphatic carbocycles. The summed E-state index contributed by atoms with van der Waals surface area (Å²) in [5, 5.41) is 12.4. The first-order chi connectivity index (χ1) is 13.2. The highest BCUT2D eigenvalue weighted by Crippen LogP contribution is 2.28. The van der Waals surface area contributed by atoms with Gasteiger partial charge in [-0.2, -0.15) is 0 Å². The van der Waals surface area contributed by atoms with Gasteiger partial charge in [0.05, 0.1) is 12.3 Å². The Balaban J connectivity index is 1.59. The summed E-state index contributed by atoms with van der Waals surface area (Å²) < 4.78 is 6.17. The molecular weight excluding hydrogens is 336 g/mol. The van der Waals surface area contributed by atoms with E-state index in [-0.39, 0.29) is 12.7 Å². The van der Waals surface area contributed by atoms with Crippen molar-refractivity contribution in [3.63, 3.8) is 0 Å². The number of aryl methyl sites for hydroxylation is 1. The number of rotatable bonds is 9. The van der Waals surface area contributed by atoms with Gasteiger partial charge in [0.15, 0.2) is 0 Å². The number of nitrogens with two attached hydrogens (primary N) is 1. The zero-order chi connectivity index (χ0) is 18.9. The molecule has 1 heterocycles. The van der Waals surface area contributed by atoms with Crippen LogP contribution in [0.3, 0.4) is 0 Å². The van der Waals surface area contributed by atoms with Gasteiger partial charge in [-0.25, -0.2) is 0 Å². The van der Waals surface area contributed by atoms with Crippen LogP contribution in [0, 0.1) is 6.92 Å². The number of benzene rings is 2. The van der Waals surface area contributed by atoms with Crippen molar-refractivity contribution in [2.24, 2.45) is 0 Å². The number of pyridine rings is 1. The van der Waals surface area contributed by atoms with E-state index in [9.17, 15) is 5.11 Å². The zero-order valence-electron chi connectivity index (χ0n) is 15.7. The number of quaternary nitrogens is 1. The summed E-state index contributed by atoms with van der Waals surface area (Å²) in [6.45, 7) is 3.70. The molecular formula is C23H27N2O2+. The quantitative estimate of drug-likeness (QED) is 0.614. The van der Waals surface area contributed by atoms with E-state index < -0.39 is 6.10 Å². The maximum absolute atomic E-state index is 10.4. The van der Waals surface area contributed by atoms with Gasteiger partial charge in [0.2, 0.25) is 0 Å². The van der Waals surface area contributed by atoms with Crippen LogP contribution in [0.15, 0.2) is 79.0 Å². The molecule has 140 valence electrons. The summed E-state index contributed by atoms with van der Waals surface area (Å²) in [5.41, 5.74) is 4.42. The molecule has 0 unspecified atom stereocenters. The number of aromatic nitrogens is 1. The van der Waals surface area contributed by atoms with E-state index in [2.05, 4.69) is 41.5 Å². The second-order valence-corrected chi connectivity index (χ2v) is 6.68. The van der Waals surface area contributed by atoms with Crippen molar-refractivity contribution >= 4 is 0 Å². The van der Waals surface area contributed by atoms with E-state index in [0.717, 1.165) is 23.4 Å². The van der Waals surface area contributed by atoms with Gasteiger partial charge in [0.25, 0.3) is 0 Å². The van der Waals surface area contributed by atoms with Gasteiger partial charge in [0.1, 0.15) is 25.3 Å². The van der Waals surface area contributed by atoms with Gasteiger partial charge >= 0.3 is 0 Å². The fraction of sp³-hybridized carbons (Fsp3) is 0.261. The minimum atomic E-state index is -0.538. The Bertz CT molecular complexity index is 809. The van der Waals surface area contributed by atoms with E-state index >= 15 is 0 Å². The number of hydrogen-bond donors (Lipinski definition) is 2. The third-order valence-electron chi connectivity index (χ3n) is 4.55. The Morgan fingerprint density at radius 1 is 0.963 bits per heavy atom. The average Bonchev–Trinajstić information content (AvgIpc) is 2.71. The molecule has 4 nitrogen and oxygen atoms in total. The number of nitrogens with zero attached hydrogens (tertiary/aromatic N) is 1. The highest BCUT2D eigenvalue weighted by atomic mass is 16.5. The summed E-state index contributed by atoms with van der Waals surface area (Å²) in [6.07, 6.45) is 1.07. The van der Waals surface area contributed by atoms with Crippen LogP contribution in [0.2, 0.25) is 0 Å². The lowest BCUT2D eigenvalue weighted by atomic mass is 9.97. The Labute approximate surface area is 160 Å². The van der Waals surface area contributed by atoms with Crippen molar-refractivity contribution in [2.45, 2.75) is 25.7 Å². The van der Waals surface area contributed by atoms with Crippen LogP contribution in [-0.4, -0.2) is 29.3 Å². The van der Waals surface area contributed by atoms with E-state index in [1.807, 2.05) is 48.5 Å². The first kappa shape index (κ1) is 19.2. The van der Waals surface area contributed by atoms with Gasteiger partial charge in [-0.1, -0.05) is 60.7 Å². The molecule has 0 amide bonds. The van der Waals surface area contributed by atoms with Crippen molar-refractivity contribution in [2.75, 3.05) is 13.2 Å². The molecule has 3 aromatic rings. The summed E-state index contributed by atoms with van der Waals surface area (Å²) >= 11 is 0. The molecule has 0 bridgehead atoms. The number of aliphatic hydroxyl groups is 1. The van der Waals surface area contributed by atoms with Gasteiger partial charge in [-0.3, -0.25) is 4.98 Å². The van der Waals surface area contributed by atoms with Crippen LogP contribution in [0.5, 0.6) is 0 Å². The smallest absolute Gasteiger partial charge is 0.126 e. The molecule has 3 rings (SSSR count). The van der Waals surface area contributed by atoms with E-state index in [1.54, 1.807) is 6.20 Å². The lowest BCUT2D eigenvalue weighted by molar-refractivity contribution is -0.677. The normalized spacial score (nSPS) is 13.3. The largest absolute Gasteiger partial charge is 0.385 e. The van der Waals surface area contributed by atoms with E-state index in [1.165, 1.54) is 5.56 Å². The van der Waals surface area contributed by atoms with Crippen molar-refractivity contribution in [3.05, 3.63) is 101 Å². The molecule has 0 saturated carbocycles. The number of aliphatic hydroxyl groups excluding tert-OH is 1. The summed E-state index contributed by atoms with van der Waals surface area (Å²) in [5.74, 6) is 0. The van der Waals surface area contributed by atoms with Crippen LogP contribution in [0.25, 0.3) is 0 Å². The Hall–Kier alpha value is -2.53. The Kier molecular flexibility index (Phi) is 7.11. The lowest BCUT2D eigenvalue weighted by Gasteiger charge is -2.22. The minimum Gasteiger partial charge on any atom is -0.385 e. The lowest BCUT2D eigenvalue weighted by Crippen LogP contribution is -2.85. The zero-order valence-corrected chi connectivity index (χ0v) is 15.7. The number of ether oxygens (including phenoxy) is 1. The average molecular weight is 363 g/mol. The minimum absolute atomic E-state index is 0.183. The van der Waals surface area contributed by atoms with Gasteiger partial charge in [-0.05, 0) is 35.7 Å². The standard InChI is InChI=1S/C23H26N2O2/c1-18-9-5-6-13-22(18)23(19-10-3-2-4-11-19)27-17-21(26)16-24-15-20-12-7-8-14-25-20/h2-14,21,23-24,26H,15-17H2,1H3/p+1/t21-,23+/m1/s1. The molecule has 1 aromatic heterocycles. The second-order valence-electron chi connectivity index (χ2n) is 6.68. The monoisotopic (exact) mass is 363 g/mol. The fourth-order valence-electron chi connectivity index (χ4n) is 3.09. The maximum Gasteiger partial charge on any atom is 0.126 e. The predicted octanol–water partition coefficient (Wildman–Crippen LogP) is 2.62. The molecule has 2 atom stereocenters. The van der Waals surface area contributed by atoms with Crippen molar-refractivity contribution in [1.29, 1.82) is 0 Å². The molecule has 4 heteroatoms. The van der Waals surface area contributed by atoms with Gasteiger partial charge < -0.3 is 15.2 Å². The maximum atomic E-state index is 10.4. The molecule has 0 radical (unpaired) electrons. The highest BCUT2D eigenvalue weighted by Gasteiger charge is 2.18. The van der Waals surface area contributed by atoms with Crippen LogP contribution in [-0.2, 0) is 11.3 Å². The van der Waals surface area contributed by atoms with Crippen molar-refractivity contribution < 1.29 is 15.2 Å². The molecule has 0 fully saturated rings. The van der Waals surface area contributed by atoms with E-state index in [4.69, 9.17) is 4.74 Å². The summed E-state index contributed by atoms with van der Waals surface area (Å²) in [4.78, 5) is 4.29. The van der Waals surface area contributed by atoms with Crippen LogP contribution in [0.1, 0.15) is 28.5 Å². The first-order valence-corrected chi connectivity index (χ1v) is 9.35. The van der Waals surface area contributed by atoms with Crippen LogP contribution >= 0.6 is 0 Å². The van der Waals surface area contributed by atoms with E-state index in [0.29, 0.717) is 6.54 Å². The molecule has 0 spiro atoms. The highest BCUT2D eigenvalue weighted by molar-refractivity contribution is 5.35. The van der Waals surface area contributed by atoms with Gasteiger partial charge in [0, 0.05) is 6.20 Å². The topological polar surface area (TPSA) is 59.0 Å². The fourth-order valence-corrected chi connectivity index (χ4v) is 3.09. The molecule has 27 heavy (non-hydrogen) atoms. The van der Waals surface area contributed by atoms with Crippen molar-refractivity contribution in [1.82, 2.24) is 4.98 Å². The van der Waals surface area contributed by atoms with Crippen LogP contribution in [0.4, 0.5) is 0 Å². The molecule has 0 aliphatic rings. The molecule has 2 aromatic carbocycles. The molecule has 0 saturated heterocycles.